The number of nitrogens with one attached hydrogen (secondary N) is 1. The minimum absolute atomic E-state index is 0.277. The topological polar surface area (TPSA) is 86.6 Å². The zero-order valence-electron chi connectivity index (χ0n) is 7.41. The fourth-order valence-corrected chi connectivity index (χ4v) is 0.712. The zero-order valence-corrected chi connectivity index (χ0v) is 7.41. The lowest BCUT2D eigenvalue weighted by atomic mass is 10.3. The highest BCUT2D eigenvalue weighted by Crippen LogP contribution is 1.91. The average Bonchev–Trinajstić information content (AvgIpc) is 2.02. The van der Waals surface area contributed by atoms with E-state index in [9.17, 15) is 9.59 Å². The van der Waals surface area contributed by atoms with Crippen LogP contribution in [0.2, 0.25) is 0 Å². The predicted molar refractivity (Wildman–Crippen MR) is 46.3 cm³/mol. The third kappa shape index (κ3) is 5.72. The van der Waals surface area contributed by atoms with Gasteiger partial charge in [0.2, 0.25) is 0 Å². The number of hydrogen-bond acceptors (Lipinski definition) is 3. The van der Waals surface area contributed by atoms with Gasteiger partial charge in [0.25, 0.3) is 0 Å². The van der Waals surface area contributed by atoms with E-state index < -0.39 is 11.9 Å². The molecule has 0 aliphatic heterocycles. The standard InChI is InChI=1S/C8H13NO4/c1-2-3-4-9-6(8(12)13)5-7(10)11/h5,9H,2-4H2,1H3,(H,10,11)(H,12,13)/b6-5+. The number of rotatable bonds is 6. The third-order valence-electron chi connectivity index (χ3n) is 1.34. The van der Waals surface area contributed by atoms with Crippen molar-refractivity contribution < 1.29 is 19.8 Å². The van der Waals surface area contributed by atoms with Gasteiger partial charge in [0.15, 0.2) is 0 Å². The van der Waals surface area contributed by atoms with E-state index in [2.05, 4.69) is 5.32 Å². The summed E-state index contributed by atoms with van der Waals surface area (Å²) in [5, 5.41) is 19.4. The zero-order chi connectivity index (χ0) is 10.3. The number of carbonyl (C=O) groups is 2. The van der Waals surface area contributed by atoms with E-state index in [1.807, 2.05) is 6.92 Å². The van der Waals surface area contributed by atoms with Crippen LogP contribution >= 0.6 is 0 Å². The summed E-state index contributed by atoms with van der Waals surface area (Å²) in [7, 11) is 0. The molecule has 74 valence electrons. The first-order chi connectivity index (χ1) is 6.07. The van der Waals surface area contributed by atoms with E-state index in [0.717, 1.165) is 12.8 Å². The smallest absolute Gasteiger partial charge is 0.352 e. The molecule has 0 fully saturated rings. The highest BCUT2D eigenvalue weighted by molar-refractivity contribution is 5.94. The van der Waals surface area contributed by atoms with Gasteiger partial charge in [-0.05, 0) is 6.42 Å². The van der Waals surface area contributed by atoms with Crippen molar-refractivity contribution in [3.63, 3.8) is 0 Å². The quantitative estimate of drug-likeness (QED) is 0.414. The normalized spacial score (nSPS) is 11.0. The molecule has 0 aliphatic rings. The van der Waals surface area contributed by atoms with Crippen LogP contribution in [0.5, 0.6) is 0 Å². The van der Waals surface area contributed by atoms with Crippen molar-refractivity contribution in [2.75, 3.05) is 6.54 Å². The van der Waals surface area contributed by atoms with Gasteiger partial charge in [-0.2, -0.15) is 0 Å². The van der Waals surface area contributed by atoms with Crippen molar-refractivity contribution in [2.24, 2.45) is 0 Å². The monoisotopic (exact) mass is 187 g/mol. The molecule has 0 rings (SSSR count). The molecule has 0 heterocycles. The summed E-state index contributed by atoms with van der Waals surface area (Å²) in [5.41, 5.74) is -0.277. The van der Waals surface area contributed by atoms with Gasteiger partial charge in [-0.1, -0.05) is 13.3 Å². The van der Waals surface area contributed by atoms with Crippen LogP contribution in [0.4, 0.5) is 0 Å². The Labute approximate surface area is 76.1 Å². The molecular weight excluding hydrogens is 174 g/mol. The van der Waals surface area contributed by atoms with E-state index in [1.165, 1.54) is 0 Å². The molecule has 0 bridgehead atoms. The molecule has 0 aromatic carbocycles. The number of carboxylic acids is 2. The predicted octanol–water partition coefficient (Wildman–Crippen LogP) is 0.429. The lowest BCUT2D eigenvalue weighted by molar-refractivity contribution is -0.135. The fourth-order valence-electron chi connectivity index (χ4n) is 0.712. The summed E-state index contributed by atoms with van der Waals surface area (Å²) in [6.45, 7) is 2.44. The van der Waals surface area contributed by atoms with Crippen molar-refractivity contribution in [3.05, 3.63) is 11.8 Å². The summed E-state index contributed by atoms with van der Waals surface area (Å²) in [6, 6.07) is 0. The maximum atomic E-state index is 10.4. The van der Waals surface area contributed by atoms with Crippen molar-refractivity contribution in [2.45, 2.75) is 19.8 Å². The van der Waals surface area contributed by atoms with Crippen LogP contribution in [0.1, 0.15) is 19.8 Å². The maximum Gasteiger partial charge on any atom is 0.352 e. The van der Waals surface area contributed by atoms with Crippen LogP contribution in [0.25, 0.3) is 0 Å². The molecule has 0 saturated heterocycles. The molecule has 0 saturated carbocycles. The molecule has 0 aliphatic carbocycles. The molecular formula is C8H13NO4. The summed E-state index contributed by atoms with van der Waals surface area (Å²) in [6.07, 6.45) is 2.38. The molecule has 3 N–H and O–H groups in total. The lowest BCUT2D eigenvalue weighted by Crippen LogP contribution is -2.22. The lowest BCUT2D eigenvalue weighted by Gasteiger charge is -2.04. The van der Waals surface area contributed by atoms with Crippen LogP contribution < -0.4 is 5.32 Å². The van der Waals surface area contributed by atoms with Gasteiger partial charge in [0.05, 0.1) is 6.08 Å². The van der Waals surface area contributed by atoms with E-state index >= 15 is 0 Å². The summed E-state index contributed by atoms with van der Waals surface area (Å²) >= 11 is 0. The van der Waals surface area contributed by atoms with Crippen LogP contribution in [0.15, 0.2) is 11.8 Å². The maximum absolute atomic E-state index is 10.4. The molecule has 0 unspecified atom stereocenters. The number of carboxylic acid groups (broad SMARTS) is 2. The number of aliphatic carboxylic acids is 2. The van der Waals surface area contributed by atoms with Gasteiger partial charge in [0.1, 0.15) is 5.70 Å². The van der Waals surface area contributed by atoms with Crippen LogP contribution in [-0.2, 0) is 9.59 Å². The van der Waals surface area contributed by atoms with Crippen LogP contribution in [0.3, 0.4) is 0 Å². The Morgan fingerprint density at radius 2 is 2.00 bits per heavy atom. The second kappa shape index (κ2) is 6.05. The highest BCUT2D eigenvalue weighted by atomic mass is 16.4. The van der Waals surface area contributed by atoms with E-state index in [-0.39, 0.29) is 5.70 Å². The van der Waals surface area contributed by atoms with Gasteiger partial charge >= 0.3 is 11.9 Å². The second-order valence-corrected chi connectivity index (χ2v) is 2.48. The third-order valence-corrected chi connectivity index (χ3v) is 1.34. The molecule has 0 spiro atoms. The van der Waals surface area contributed by atoms with Crippen molar-refractivity contribution in [1.29, 1.82) is 0 Å². The molecule has 0 amide bonds. The summed E-state index contributed by atoms with van der Waals surface area (Å²) < 4.78 is 0. The van der Waals surface area contributed by atoms with Gasteiger partial charge < -0.3 is 15.5 Å². The fraction of sp³-hybridized carbons (Fsp3) is 0.500. The van der Waals surface area contributed by atoms with Gasteiger partial charge in [-0.3, -0.25) is 0 Å². The first-order valence-corrected chi connectivity index (χ1v) is 3.99. The number of hydrogen-bond donors (Lipinski definition) is 3. The molecule has 5 nitrogen and oxygen atoms in total. The Balaban J connectivity index is 4.11. The molecule has 13 heavy (non-hydrogen) atoms. The van der Waals surface area contributed by atoms with Gasteiger partial charge in [0, 0.05) is 6.54 Å². The van der Waals surface area contributed by atoms with Crippen LogP contribution in [-0.4, -0.2) is 28.7 Å². The molecule has 0 aromatic heterocycles. The Hall–Kier alpha value is -1.52. The molecule has 0 aromatic rings. The molecule has 0 atom stereocenters. The Kier molecular flexibility index (Phi) is 5.34. The number of unbranched alkanes of at least 4 members (excludes halogenated alkanes) is 1. The minimum atomic E-state index is -1.26. The first-order valence-electron chi connectivity index (χ1n) is 3.99. The summed E-state index contributed by atoms with van der Waals surface area (Å²) in [5.74, 6) is -2.51. The van der Waals surface area contributed by atoms with E-state index in [4.69, 9.17) is 10.2 Å². The van der Waals surface area contributed by atoms with Crippen molar-refractivity contribution >= 4 is 11.9 Å². The molecule has 0 radical (unpaired) electrons. The second-order valence-electron chi connectivity index (χ2n) is 2.48. The van der Waals surface area contributed by atoms with Gasteiger partial charge in [-0.15, -0.1) is 0 Å². The highest BCUT2D eigenvalue weighted by Gasteiger charge is 2.07. The van der Waals surface area contributed by atoms with Crippen molar-refractivity contribution in [1.82, 2.24) is 5.32 Å². The summed E-state index contributed by atoms with van der Waals surface area (Å²) in [4.78, 5) is 20.6. The Bertz CT molecular complexity index is 222. The SMILES string of the molecule is CCCCN/C(=C/C(=O)O)C(=O)O. The Morgan fingerprint density at radius 1 is 1.38 bits per heavy atom. The average molecular weight is 187 g/mol. The van der Waals surface area contributed by atoms with E-state index in [1.54, 1.807) is 0 Å². The first kappa shape index (κ1) is 11.5. The molecule has 5 heteroatoms. The van der Waals surface area contributed by atoms with E-state index in [0.29, 0.717) is 12.6 Å². The Morgan fingerprint density at radius 3 is 2.38 bits per heavy atom. The largest absolute Gasteiger partial charge is 0.478 e. The van der Waals surface area contributed by atoms with Gasteiger partial charge in [-0.25, -0.2) is 9.59 Å². The van der Waals surface area contributed by atoms with Crippen molar-refractivity contribution in [3.8, 4) is 0 Å². The minimum Gasteiger partial charge on any atom is -0.478 e. The van der Waals surface area contributed by atoms with Crippen LogP contribution in [0, 0.1) is 0 Å².